The van der Waals surface area contributed by atoms with Crippen molar-refractivity contribution in [3.05, 3.63) is 0 Å². The minimum Gasteiger partial charge on any atom is -0.323 e. The number of unbranched alkanes of at least 4 members (excludes halogenated alkanes) is 14. The van der Waals surface area contributed by atoms with Crippen molar-refractivity contribution in [1.82, 2.24) is 0 Å². The van der Waals surface area contributed by atoms with Crippen LogP contribution in [0, 0.1) is 11.8 Å². The number of quaternary nitrogens is 1. The first-order valence-electron chi connectivity index (χ1n) is 14.1. The Kier molecular flexibility index (Phi) is 13.7. The summed E-state index contributed by atoms with van der Waals surface area (Å²) >= 11 is 0. The number of fused-ring (bicyclic) bond motifs is 1. The van der Waals surface area contributed by atoms with Gasteiger partial charge < -0.3 is 4.48 Å². The van der Waals surface area contributed by atoms with Crippen LogP contribution < -0.4 is 0 Å². The standard InChI is InChI=1S/C28H56N/c1-3-5-7-8-9-10-11-12-13-14-15-16-17-20-24-29(23-6-4-2)25-27-21-18-19-22-28(27)26-29/h27-28H,3-26H2,1-2H3/q+1. The lowest BCUT2D eigenvalue weighted by atomic mass is 9.82. The lowest BCUT2D eigenvalue weighted by Gasteiger charge is -2.35. The Balaban J connectivity index is 1.46. The van der Waals surface area contributed by atoms with Crippen LogP contribution in [0.3, 0.4) is 0 Å². The molecular weight excluding hydrogens is 350 g/mol. The summed E-state index contributed by atoms with van der Waals surface area (Å²) < 4.78 is 1.52. The van der Waals surface area contributed by atoms with E-state index in [0.29, 0.717) is 0 Å². The van der Waals surface area contributed by atoms with Crippen molar-refractivity contribution in [3.8, 4) is 0 Å². The van der Waals surface area contributed by atoms with Gasteiger partial charge in [-0.15, -0.1) is 0 Å². The molecule has 1 aliphatic heterocycles. The summed E-state index contributed by atoms with van der Waals surface area (Å²) in [6.07, 6.45) is 29.7. The molecule has 0 aromatic carbocycles. The maximum absolute atomic E-state index is 2.38. The Morgan fingerprint density at radius 2 is 0.862 bits per heavy atom. The van der Waals surface area contributed by atoms with E-state index < -0.39 is 0 Å². The Labute approximate surface area is 185 Å². The summed E-state index contributed by atoms with van der Waals surface area (Å²) in [5.41, 5.74) is 0. The van der Waals surface area contributed by atoms with Crippen LogP contribution in [-0.4, -0.2) is 30.7 Å². The highest BCUT2D eigenvalue weighted by atomic mass is 15.4. The Morgan fingerprint density at radius 3 is 1.31 bits per heavy atom. The maximum Gasteiger partial charge on any atom is 0.0820 e. The predicted molar refractivity (Wildman–Crippen MR) is 130 cm³/mol. The van der Waals surface area contributed by atoms with Crippen LogP contribution in [0.15, 0.2) is 0 Å². The predicted octanol–water partition coefficient (Wildman–Crippen LogP) is 8.90. The van der Waals surface area contributed by atoms with Gasteiger partial charge in [0.05, 0.1) is 26.2 Å². The molecule has 0 aromatic heterocycles. The Bertz CT molecular complexity index is 363. The Hall–Kier alpha value is -0.0400. The molecule has 0 aromatic rings. The van der Waals surface area contributed by atoms with Gasteiger partial charge in [0.1, 0.15) is 0 Å². The van der Waals surface area contributed by atoms with E-state index in [2.05, 4.69) is 13.8 Å². The minimum atomic E-state index is 1.09. The first-order chi connectivity index (χ1) is 14.3. The van der Waals surface area contributed by atoms with E-state index in [4.69, 9.17) is 0 Å². The zero-order valence-corrected chi connectivity index (χ0v) is 20.6. The number of nitrogens with zero attached hydrogens (tertiary/aromatic N) is 1. The highest BCUT2D eigenvalue weighted by Gasteiger charge is 2.44. The SMILES string of the molecule is CCCCCCCCCCCCCCCC[N+]1(CCCC)CC2CCCCC2C1. The summed E-state index contributed by atoms with van der Waals surface area (Å²) in [6, 6.07) is 0. The molecule has 0 N–H and O–H groups in total. The zero-order chi connectivity index (χ0) is 20.6. The van der Waals surface area contributed by atoms with Gasteiger partial charge in [-0.2, -0.15) is 0 Å². The van der Waals surface area contributed by atoms with Gasteiger partial charge in [-0.25, -0.2) is 0 Å². The molecule has 0 amide bonds. The van der Waals surface area contributed by atoms with Gasteiger partial charge in [-0.1, -0.05) is 110 Å². The average molecular weight is 407 g/mol. The topological polar surface area (TPSA) is 0 Å². The number of likely N-dealkylation sites (tertiary alicyclic amines) is 1. The highest BCUT2D eigenvalue weighted by molar-refractivity contribution is 4.81. The molecule has 1 heteroatoms. The van der Waals surface area contributed by atoms with Crippen molar-refractivity contribution in [2.75, 3.05) is 26.2 Å². The summed E-state index contributed by atoms with van der Waals surface area (Å²) in [7, 11) is 0. The smallest absolute Gasteiger partial charge is 0.0820 e. The van der Waals surface area contributed by atoms with Gasteiger partial charge in [0.2, 0.25) is 0 Å². The van der Waals surface area contributed by atoms with Gasteiger partial charge in [0.15, 0.2) is 0 Å². The summed E-state index contributed by atoms with van der Waals surface area (Å²) in [5.74, 6) is 2.18. The molecule has 172 valence electrons. The van der Waals surface area contributed by atoms with Gasteiger partial charge in [0.25, 0.3) is 0 Å². The molecule has 1 nitrogen and oxygen atoms in total. The van der Waals surface area contributed by atoms with Crippen molar-refractivity contribution >= 4 is 0 Å². The lowest BCUT2D eigenvalue weighted by molar-refractivity contribution is -0.919. The third kappa shape index (κ3) is 10.2. The van der Waals surface area contributed by atoms with E-state index >= 15 is 0 Å². The molecule has 2 fully saturated rings. The quantitative estimate of drug-likeness (QED) is 0.157. The van der Waals surface area contributed by atoms with E-state index in [1.54, 1.807) is 25.9 Å². The van der Waals surface area contributed by atoms with Crippen LogP contribution in [0.5, 0.6) is 0 Å². The summed E-state index contributed by atoms with van der Waals surface area (Å²) in [4.78, 5) is 0. The normalized spacial score (nSPS) is 26.7. The lowest BCUT2D eigenvalue weighted by Crippen LogP contribution is -2.47. The molecule has 2 rings (SSSR count). The number of hydrogen-bond acceptors (Lipinski definition) is 0. The summed E-state index contributed by atoms with van der Waals surface area (Å²) in [6.45, 7) is 10.8. The van der Waals surface area contributed by atoms with Crippen LogP contribution in [-0.2, 0) is 0 Å². The third-order valence-electron chi connectivity index (χ3n) is 8.28. The largest absolute Gasteiger partial charge is 0.323 e. The second-order valence-corrected chi connectivity index (χ2v) is 10.9. The van der Waals surface area contributed by atoms with Crippen molar-refractivity contribution in [2.24, 2.45) is 11.8 Å². The molecule has 2 atom stereocenters. The molecule has 1 aliphatic carbocycles. The Morgan fingerprint density at radius 1 is 0.483 bits per heavy atom. The number of rotatable bonds is 18. The second-order valence-electron chi connectivity index (χ2n) is 10.9. The van der Waals surface area contributed by atoms with Crippen molar-refractivity contribution in [1.29, 1.82) is 0 Å². The van der Waals surface area contributed by atoms with Crippen LogP contribution in [0.1, 0.15) is 142 Å². The van der Waals surface area contributed by atoms with Crippen LogP contribution >= 0.6 is 0 Å². The zero-order valence-electron chi connectivity index (χ0n) is 20.6. The van der Waals surface area contributed by atoms with Crippen LogP contribution in [0.25, 0.3) is 0 Å². The molecule has 0 radical (unpaired) electrons. The van der Waals surface area contributed by atoms with E-state index in [0.717, 1.165) is 11.8 Å². The fourth-order valence-electron chi connectivity index (χ4n) is 6.45. The number of hydrogen-bond donors (Lipinski definition) is 0. The molecule has 0 spiro atoms. The molecule has 2 aliphatic rings. The molecule has 0 bridgehead atoms. The fraction of sp³-hybridized carbons (Fsp3) is 1.00. The third-order valence-corrected chi connectivity index (χ3v) is 8.28. The van der Waals surface area contributed by atoms with Crippen molar-refractivity contribution in [2.45, 2.75) is 142 Å². The molecule has 1 saturated heterocycles. The van der Waals surface area contributed by atoms with E-state index in [1.807, 2.05) is 0 Å². The van der Waals surface area contributed by atoms with E-state index in [-0.39, 0.29) is 0 Å². The van der Waals surface area contributed by atoms with Gasteiger partial charge in [0, 0.05) is 11.8 Å². The van der Waals surface area contributed by atoms with Gasteiger partial charge in [-0.05, 0) is 32.1 Å². The molecule has 1 heterocycles. The van der Waals surface area contributed by atoms with E-state index in [1.165, 1.54) is 133 Å². The molecular formula is C28H56N+. The van der Waals surface area contributed by atoms with Gasteiger partial charge >= 0.3 is 0 Å². The van der Waals surface area contributed by atoms with Gasteiger partial charge in [-0.3, -0.25) is 0 Å². The maximum atomic E-state index is 2.38. The van der Waals surface area contributed by atoms with Crippen LogP contribution in [0.2, 0.25) is 0 Å². The second kappa shape index (κ2) is 15.7. The average Bonchev–Trinajstić information content (AvgIpc) is 3.11. The summed E-state index contributed by atoms with van der Waals surface area (Å²) in [5, 5.41) is 0. The monoisotopic (exact) mass is 406 g/mol. The van der Waals surface area contributed by atoms with Crippen LogP contribution in [0.4, 0.5) is 0 Å². The van der Waals surface area contributed by atoms with Crippen molar-refractivity contribution < 1.29 is 4.48 Å². The first-order valence-corrected chi connectivity index (χ1v) is 14.1. The minimum absolute atomic E-state index is 1.09. The first kappa shape index (κ1) is 25.2. The molecule has 29 heavy (non-hydrogen) atoms. The molecule has 1 saturated carbocycles. The molecule has 2 unspecified atom stereocenters. The fourth-order valence-corrected chi connectivity index (χ4v) is 6.45. The van der Waals surface area contributed by atoms with Crippen molar-refractivity contribution in [3.63, 3.8) is 0 Å². The highest BCUT2D eigenvalue weighted by Crippen LogP contribution is 2.40. The van der Waals surface area contributed by atoms with E-state index in [9.17, 15) is 0 Å².